The van der Waals surface area contributed by atoms with Crippen LogP contribution in [0.1, 0.15) is 20.8 Å². The van der Waals surface area contributed by atoms with Gasteiger partial charge in [-0.05, 0) is 5.92 Å². The van der Waals surface area contributed by atoms with E-state index in [1.807, 2.05) is 11.8 Å². The Balaban J connectivity index is 3.51. The Morgan fingerprint density at radius 2 is 1.58 bits per heavy atom. The van der Waals surface area contributed by atoms with Crippen molar-refractivity contribution < 1.29 is 9.47 Å². The third kappa shape index (κ3) is 5.01. The number of rotatable bonds is 6. The molecule has 0 aliphatic rings. The van der Waals surface area contributed by atoms with Gasteiger partial charge in [-0.2, -0.15) is 11.8 Å². The molecule has 74 valence electrons. The van der Waals surface area contributed by atoms with Gasteiger partial charge in [0.05, 0.1) is 0 Å². The molecule has 0 radical (unpaired) electrons. The van der Waals surface area contributed by atoms with Gasteiger partial charge in [0.25, 0.3) is 0 Å². The summed E-state index contributed by atoms with van der Waals surface area (Å²) in [6.07, 6.45) is -0.0591. The largest absolute Gasteiger partial charge is 0.355 e. The predicted molar refractivity (Wildman–Crippen MR) is 54.6 cm³/mol. The second-order valence-corrected chi connectivity index (χ2v) is 4.59. The van der Waals surface area contributed by atoms with Crippen molar-refractivity contribution >= 4 is 11.8 Å². The van der Waals surface area contributed by atoms with Crippen LogP contribution >= 0.6 is 11.8 Å². The minimum absolute atomic E-state index is 0.0591. The summed E-state index contributed by atoms with van der Waals surface area (Å²) in [5.74, 6) is 1.62. The summed E-state index contributed by atoms with van der Waals surface area (Å²) >= 11 is 1.89. The van der Waals surface area contributed by atoms with Gasteiger partial charge in [-0.3, -0.25) is 0 Å². The highest BCUT2D eigenvalue weighted by atomic mass is 32.2. The van der Waals surface area contributed by atoms with Crippen LogP contribution in [0.4, 0.5) is 0 Å². The van der Waals surface area contributed by atoms with Gasteiger partial charge >= 0.3 is 0 Å². The van der Waals surface area contributed by atoms with Gasteiger partial charge in [-0.1, -0.05) is 20.8 Å². The smallest absolute Gasteiger partial charge is 0.165 e. The van der Waals surface area contributed by atoms with Crippen molar-refractivity contribution in [1.29, 1.82) is 0 Å². The molecule has 0 fully saturated rings. The van der Waals surface area contributed by atoms with E-state index >= 15 is 0 Å². The Kier molecular flexibility index (Phi) is 6.90. The molecule has 0 heterocycles. The molecule has 2 nitrogen and oxygen atoms in total. The summed E-state index contributed by atoms with van der Waals surface area (Å²) in [5.41, 5.74) is 0. The molecule has 1 unspecified atom stereocenters. The Bertz CT molecular complexity index is 101. The van der Waals surface area contributed by atoms with E-state index in [0.29, 0.717) is 11.2 Å². The van der Waals surface area contributed by atoms with E-state index in [-0.39, 0.29) is 6.29 Å². The fourth-order valence-corrected chi connectivity index (χ4v) is 1.77. The average Bonchev–Trinajstić information content (AvgIpc) is 2.05. The highest BCUT2D eigenvalue weighted by Crippen LogP contribution is 2.19. The van der Waals surface area contributed by atoms with E-state index < -0.39 is 0 Å². The molecule has 0 saturated heterocycles. The Labute approximate surface area is 80.0 Å². The van der Waals surface area contributed by atoms with Crippen molar-refractivity contribution in [3.05, 3.63) is 0 Å². The molecule has 0 aromatic heterocycles. The van der Waals surface area contributed by atoms with Crippen molar-refractivity contribution in [1.82, 2.24) is 0 Å². The van der Waals surface area contributed by atoms with Crippen molar-refractivity contribution in [2.75, 3.05) is 20.0 Å². The monoisotopic (exact) mass is 192 g/mol. The molecule has 0 aliphatic heterocycles. The van der Waals surface area contributed by atoms with E-state index in [0.717, 1.165) is 5.75 Å². The van der Waals surface area contributed by atoms with E-state index in [1.54, 1.807) is 14.2 Å². The average molecular weight is 192 g/mol. The van der Waals surface area contributed by atoms with Crippen molar-refractivity contribution in [3.63, 3.8) is 0 Å². The fourth-order valence-electron chi connectivity index (χ4n) is 0.655. The predicted octanol–water partition coefficient (Wildman–Crippen LogP) is 2.38. The summed E-state index contributed by atoms with van der Waals surface area (Å²) in [6, 6.07) is 0. The maximum atomic E-state index is 5.09. The van der Waals surface area contributed by atoms with Crippen LogP contribution in [0.2, 0.25) is 0 Å². The minimum atomic E-state index is -0.0591. The highest BCUT2D eigenvalue weighted by molar-refractivity contribution is 7.99. The Morgan fingerprint density at radius 3 is 1.92 bits per heavy atom. The maximum Gasteiger partial charge on any atom is 0.165 e. The van der Waals surface area contributed by atoms with Gasteiger partial charge < -0.3 is 9.47 Å². The van der Waals surface area contributed by atoms with E-state index in [4.69, 9.17) is 9.47 Å². The first kappa shape index (κ1) is 12.3. The van der Waals surface area contributed by atoms with Crippen LogP contribution in [0.15, 0.2) is 0 Å². The zero-order valence-corrected chi connectivity index (χ0v) is 9.48. The number of hydrogen-bond acceptors (Lipinski definition) is 3. The lowest BCUT2D eigenvalue weighted by Crippen LogP contribution is -2.18. The fraction of sp³-hybridized carbons (Fsp3) is 1.00. The summed E-state index contributed by atoms with van der Waals surface area (Å²) in [5, 5.41) is 0.665. The normalized spacial score (nSPS) is 14.2. The number of hydrogen-bond donors (Lipinski definition) is 0. The lowest BCUT2D eigenvalue weighted by molar-refractivity contribution is -0.0842. The molecule has 12 heavy (non-hydrogen) atoms. The maximum absolute atomic E-state index is 5.09. The van der Waals surface area contributed by atoms with Crippen LogP contribution < -0.4 is 0 Å². The number of thioether (sulfide) groups is 1. The van der Waals surface area contributed by atoms with Crippen LogP contribution in [0.3, 0.4) is 0 Å². The molecular weight excluding hydrogens is 172 g/mol. The van der Waals surface area contributed by atoms with E-state index in [2.05, 4.69) is 20.8 Å². The minimum Gasteiger partial charge on any atom is -0.355 e. The van der Waals surface area contributed by atoms with Crippen LogP contribution in [0, 0.1) is 5.92 Å². The Hall–Kier alpha value is 0.270. The SMILES string of the molecule is COC(CSC(C)C(C)C)OC. The molecular formula is C9H20O2S. The molecule has 3 heteroatoms. The molecule has 0 aromatic rings. The molecule has 0 N–H and O–H groups in total. The molecule has 0 amide bonds. The third-order valence-corrected chi connectivity index (χ3v) is 3.49. The van der Waals surface area contributed by atoms with E-state index in [9.17, 15) is 0 Å². The van der Waals surface area contributed by atoms with Crippen LogP contribution in [0.5, 0.6) is 0 Å². The second kappa shape index (κ2) is 6.75. The quantitative estimate of drug-likeness (QED) is 0.602. The first-order valence-corrected chi connectivity index (χ1v) is 5.33. The highest BCUT2D eigenvalue weighted by Gasteiger charge is 2.11. The molecule has 0 aromatic carbocycles. The van der Waals surface area contributed by atoms with E-state index in [1.165, 1.54) is 0 Å². The van der Waals surface area contributed by atoms with Gasteiger partial charge in [0.1, 0.15) is 0 Å². The first-order valence-electron chi connectivity index (χ1n) is 4.29. The zero-order chi connectivity index (χ0) is 9.56. The van der Waals surface area contributed by atoms with Crippen molar-refractivity contribution in [2.24, 2.45) is 5.92 Å². The number of ether oxygens (including phenoxy) is 2. The van der Waals surface area contributed by atoms with Crippen molar-refractivity contribution in [2.45, 2.75) is 32.3 Å². The zero-order valence-electron chi connectivity index (χ0n) is 8.66. The summed E-state index contributed by atoms with van der Waals surface area (Å²) in [6.45, 7) is 6.69. The second-order valence-electron chi connectivity index (χ2n) is 3.18. The molecule has 0 saturated carbocycles. The van der Waals surface area contributed by atoms with Crippen molar-refractivity contribution in [3.8, 4) is 0 Å². The molecule has 0 aliphatic carbocycles. The number of methoxy groups -OCH3 is 2. The van der Waals surface area contributed by atoms with Gasteiger partial charge in [0.2, 0.25) is 0 Å². The molecule has 0 bridgehead atoms. The van der Waals surface area contributed by atoms with Crippen LogP contribution in [0.25, 0.3) is 0 Å². The summed E-state index contributed by atoms with van der Waals surface area (Å²) < 4.78 is 10.2. The van der Waals surface area contributed by atoms with Gasteiger partial charge in [-0.25, -0.2) is 0 Å². The summed E-state index contributed by atoms with van der Waals surface area (Å²) in [4.78, 5) is 0. The molecule has 1 atom stereocenters. The summed E-state index contributed by atoms with van der Waals surface area (Å²) in [7, 11) is 3.35. The molecule has 0 spiro atoms. The standard InChI is InChI=1S/C9H20O2S/c1-7(2)8(3)12-6-9(10-4)11-5/h7-9H,6H2,1-5H3. The lowest BCUT2D eigenvalue weighted by Gasteiger charge is -2.18. The van der Waals surface area contributed by atoms with Crippen LogP contribution in [-0.4, -0.2) is 31.5 Å². The Morgan fingerprint density at radius 1 is 1.08 bits per heavy atom. The van der Waals surface area contributed by atoms with Crippen LogP contribution in [-0.2, 0) is 9.47 Å². The third-order valence-electron chi connectivity index (χ3n) is 1.96. The molecule has 0 rings (SSSR count). The first-order chi connectivity index (χ1) is 5.61. The van der Waals surface area contributed by atoms with Gasteiger partial charge in [0, 0.05) is 25.2 Å². The van der Waals surface area contributed by atoms with Gasteiger partial charge in [-0.15, -0.1) is 0 Å². The lowest BCUT2D eigenvalue weighted by atomic mass is 10.2. The van der Waals surface area contributed by atoms with Gasteiger partial charge in [0.15, 0.2) is 6.29 Å². The topological polar surface area (TPSA) is 18.5 Å².